The summed E-state index contributed by atoms with van der Waals surface area (Å²) in [4.78, 5) is 17.1. The van der Waals surface area contributed by atoms with E-state index in [0.29, 0.717) is 19.5 Å². The number of fused-ring (bicyclic) bond motifs is 2. The highest BCUT2D eigenvalue weighted by atomic mass is 16.7. The smallest absolute Gasteiger partial charge is 0.231 e. The third-order valence-electron chi connectivity index (χ3n) is 6.53. The second-order valence-corrected chi connectivity index (χ2v) is 8.36. The van der Waals surface area contributed by atoms with Gasteiger partial charge in [-0.05, 0) is 42.7 Å². The minimum atomic E-state index is -0.0312. The summed E-state index contributed by atoms with van der Waals surface area (Å²) in [6, 6.07) is 14.3. The summed E-state index contributed by atoms with van der Waals surface area (Å²) in [7, 11) is 0. The van der Waals surface area contributed by atoms with Gasteiger partial charge in [-0.3, -0.25) is 4.79 Å². The van der Waals surface area contributed by atoms with Gasteiger partial charge in [-0.2, -0.15) is 0 Å². The lowest BCUT2D eigenvalue weighted by atomic mass is 9.69. The van der Waals surface area contributed by atoms with Crippen LogP contribution < -0.4 is 14.8 Å². The number of carbonyl (C=O) groups excluding carboxylic acids is 1. The Morgan fingerprint density at radius 2 is 1.90 bits per heavy atom. The molecule has 0 saturated heterocycles. The molecule has 1 aromatic heterocycles. The number of hydrogen-bond donors (Lipinski definition) is 1. The minimum Gasteiger partial charge on any atom is -0.454 e. The summed E-state index contributed by atoms with van der Waals surface area (Å²) in [5, 5.41) is 3.23. The lowest BCUT2D eigenvalue weighted by molar-refractivity contribution is -0.121. The van der Waals surface area contributed by atoms with E-state index in [9.17, 15) is 4.79 Å². The first kappa shape index (κ1) is 19.0. The molecule has 1 saturated carbocycles. The Morgan fingerprint density at radius 1 is 1.07 bits per heavy atom. The van der Waals surface area contributed by atoms with Crippen LogP contribution in [0.5, 0.6) is 11.5 Å². The molecule has 0 atom stereocenters. The number of ether oxygens (including phenoxy) is 2. The molecule has 156 valence electrons. The van der Waals surface area contributed by atoms with Gasteiger partial charge in [0.25, 0.3) is 0 Å². The van der Waals surface area contributed by atoms with Crippen LogP contribution in [0.3, 0.4) is 0 Å². The van der Waals surface area contributed by atoms with Gasteiger partial charge in [0.2, 0.25) is 12.7 Å². The molecule has 1 aliphatic heterocycles. The molecular weight excluding hydrogens is 378 g/mol. The van der Waals surface area contributed by atoms with Crippen LogP contribution in [-0.2, 0) is 16.8 Å². The average molecular weight is 405 g/mol. The Morgan fingerprint density at radius 3 is 2.80 bits per heavy atom. The number of carbonyl (C=O) groups is 1. The Balaban J connectivity index is 1.26. The molecular formula is C24H27N3O3. The van der Waals surface area contributed by atoms with Crippen molar-refractivity contribution in [3.63, 3.8) is 0 Å². The van der Waals surface area contributed by atoms with E-state index in [1.807, 2.05) is 41.2 Å². The van der Waals surface area contributed by atoms with Gasteiger partial charge in [-0.15, -0.1) is 0 Å². The summed E-state index contributed by atoms with van der Waals surface area (Å²) in [5.41, 5.74) is 3.24. The highest BCUT2D eigenvalue weighted by Gasteiger charge is 2.35. The number of aromatic nitrogens is 2. The zero-order valence-electron chi connectivity index (χ0n) is 17.1. The van der Waals surface area contributed by atoms with Crippen LogP contribution in [-0.4, -0.2) is 28.8 Å². The van der Waals surface area contributed by atoms with Gasteiger partial charge >= 0.3 is 0 Å². The minimum absolute atomic E-state index is 0.0312. The third-order valence-corrected chi connectivity index (χ3v) is 6.53. The van der Waals surface area contributed by atoms with E-state index in [1.165, 1.54) is 24.8 Å². The average Bonchev–Trinajstić information content (AvgIpc) is 3.43. The first-order valence-electron chi connectivity index (χ1n) is 10.8. The lowest BCUT2D eigenvalue weighted by Crippen LogP contribution is -2.42. The van der Waals surface area contributed by atoms with Gasteiger partial charge in [0.1, 0.15) is 0 Å². The predicted octanol–water partition coefficient (Wildman–Crippen LogP) is 4.17. The maximum absolute atomic E-state index is 12.7. The highest BCUT2D eigenvalue weighted by molar-refractivity contribution is 5.77. The van der Waals surface area contributed by atoms with Crippen molar-refractivity contribution < 1.29 is 14.3 Å². The monoisotopic (exact) mass is 405 g/mol. The molecule has 2 aromatic carbocycles. The fourth-order valence-electron chi connectivity index (χ4n) is 4.79. The van der Waals surface area contributed by atoms with Crippen LogP contribution in [0, 0.1) is 0 Å². The second-order valence-electron chi connectivity index (χ2n) is 8.36. The van der Waals surface area contributed by atoms with Gasteiger partial charge < -0.3 is 19.4 Å². The van der Waals surface area contributed by atoms with E-state index in [0.717, 1.165) is 35.4 Å². The zero-order valence-corrected chi connectivity index (χ0v) is 17.1. The maximum atomic E-state index is 12.7. The fraction of sp³-hybridized carbons (Fsp3) is 0.417. The number of benzene rings is 2. The predicted molar refractivity (Wildman–Crippen MR) is 115 cm³/mol. The third kappa shape index (κ3) is 3.62. The first-order valence-corrected chi connectivity index (χ1v) is 10.8. The van der Waals surface area contributed by atoms with Gasteiger partial charge in [-0.1, -0.05) is 37.5 Å². The van der Waals surface area contributed by atoms with Crippen molar-refractivity contribution >= 4 is 16.9 Å². The standard InChI is InChI=1S/C24H27N3O3/c28-23(10-13-27-16-26-19-6-2-3-7-20(19)27)25-15-24(11-4-1-5-12-24)18-8-9-21-22(14-18)30-17-29-21/h2-3,6-9,14,16H,1,4-5,10-13,15,17H2,(H,25,28). The van der Waals surface area contributed by atoms with Crippen LogP contribution in [0.1, 0.15) is 44.1 Å². The Kier molecular flexibility index (Phi) is 5.07. The summed E-state index contributed by atoms with van der Waals surface area (Å²) < 4.78 is 13.1. The highest BCUT2D eigenvalue weighted by Crippen LogP contribution is 2.43. The van der Waals surface area contributed by atoms with Gasteiger partial charge in [-0.25, -0.2) is 4.98 Å². The molecule has 2 aliphatic rings. The van der Waals surface area contributed by atoms with Crippen LogP contribution in [0.15, 0.2) is 48.8 Å². The van der Waals surface area contributed by atoms with Crippen molar-refractivity contribution in [2.45, 2.75) is 50.5 Å². The van der Waals surface area contributed by atoms with E-state index < -0.39 is 0 Å². The molecule has 1 aliphatic carbocycles. The summed E-state index contributed by atoms with van der Waals surface area (Å²) in [6.45, 7) is 1.57. The molecule has 1 fully saturated rings. The number of imidazole rings is 1. The molecule has 6 nitrogen and oxygen atoms in total. The van der Waals surface area contributed by atoms with E-state index in [4.69, 9.17) is 9.47 Å². The van der Waals surface area contributed by atoms with Crippen LogP contribution in [0.25, 0.3) is 11.0 Å². The molecule has 1 N–H and O–H groups in total. The van der Waals surface area contributed by atoms with Gasteiger partial charge in [0, 0.05) is 24.9 Å². The second kappa shape index (κ2) is 8.01. The molecule has 0 unspecified atom stereocenters. The topological polar surface area (TPSA) is 65.4 Å². The van der Waals surface area contributed by atoms with Gasteiger partial charge in [0.05, 0.1) is 17.4 Å². The summed E-state index contributed by atoms with van der Waals surface area (Å²) in [5.74, 6) is 1.70. The van der Waals surface area contributed by atoms with Crippen molar-refractivity contribution in [2.24, 2.45) is 0 Å². The lowest BCUT2D eigenvalue weighted by Gasteiger charge is -2.38. The molecule has 6 heteroatoms. The van der Waals surface area contributed by atoms with E-state index in [2.05, 4.69) is 22.4 Å². The quantitative estimate of drug-likeness (QED) is 0.668. The van der Waals surface area contributed by atoms with Crippen molar-refractivity contribution in [3.8, 4) is 11.5 Å². The SMILES string of the molecule is O=C(CCn1cnc2ccccc21)NCC1(c2ccc3c(c2)OCO3)CCCCC1. The molecule has 1 amide bonds. The summed E-state index contributed by atoms with van der Waals surface area (Å²) in [6.07, 6.45) is 8.05. The molecule has 3 aromatic rings. The molecule has 30 heavy (non-hydrogen) atoms. The van der Waals surface area contributed by atoms with Crippen molar-refractivity contribution in [1.82, 2.24) is 14.9 Å². The summed E-state index contributed by atoms with van der Waals surface area (Å²) >= 11 is 0. The number of nitrogens with zero attached hydrogens (tertiary/aromatic N) is 2. The van der Waals surface area contributed by atoms with Gasteiger partial charge in [0.15, 0.2) is 11.5 Å². The number of nitrogens with one attached hydrogen (secondary N) is 1. The largest absolute Gasteiger partial charge is 0.454 e. The maximum Gasteiger partial charge on any atom is 0.231 e. The number of hydrogen-bond acceptors (Lipinski definition) is 4. The van der Waals surface area contributed by atoms with Crippen molar-refractivity contribution in [1.29, 1.82) is 0 Å². The number of amides is 1. The van der Waals surface area contributed by atoms with E-state index in [-0.39, 0.29) is 18.1 Å². The number of aryl methyl sites for hydroxylation is 1. The fourth-order valence-corrected chi connectivity index (χ4v) is 4.79. The molecule has 0 radical (unpaired) electrons. The number of para-hydroxylation sites is 2. The Hall–Kier alpha value is -3.02. The van der Waals surface area contributed by atoms with Crippen molar-refractivity contribution in [2.75, 3.05) is 13.3 Å². The Labute approximate surface area is 176 Å². The van der Waals surface area contributed by atoms with Crippen LogP contribution in [0.4, 0.5) is 0 Å². The Bertz CT molecular complexity index is 1050. The van der Waals surface area contributed by atoms with E-state index >= 15 is 0 Å². The first-order chi connectivity index (χ1) is 14.7. The number of rotatable bonds is 6. The molecule has 5 rings (SSSR count). The zero-order chi connectivity index (χ0) is 20.4. The molecule has 0 bridgehead atoms. The van der Waals surface area contributed by atoms with Crippen LogP contribution >= 0.6 is 0 Å². The van der Waals surface area contributed by atoms with Crippen LogP contribution in [0.2, 0.25) is 0 Å². The van der Waals surface area contributed by atoms with E-state index in [1.54, 1.807) is 0 Å². The normalized spacial score (nSPS) is 17.2. The molecule has 0 spiro atoms. The van der Waals surface area contributed by atoms with Crippen molar-refractivity contribution in [3.05, 3.63) is 54.4 Å². The molecule has 2 heterocycles.